The molecule has 8 atom stereocenters. The molecule has 2 aliphatic heterocycles. The van der Waals surface area contributed by atoms with E-state index in [0.717, 1.165) is 24.0 Å². The Morgan fingerprint density at radius 3 is 2.54 bits per heavy atom. The fraction of sp³-hybridized carbons (Fsp3) is 0.613. The topological polar surface area (TPSA) is 109 Å². The summed E-state index contributed by atoms with van der Waals surface area (Å²) in [6.07, 6.45) is 7.14. The number of hydroxylamine groups is 1. The van der Waals surface area contributed by atoms with Gasteiger partial charge in [-0.2, -0.15) is 0 Å². The highest BCUT2D eigenvalue weighted by Crippen LogP contribution is 2.61. The van der Waals surface area contributed by atoms with E-state index in [4.69, 9.17) is 26.2 Å². The summed E-state index contributed by atoms with van der Waals surface area (Å²) in [5.74, 6) is -3.26. The van der Waals surface area contributed by atoms with E-state index in [1.807, 2.05) is 26.0 Å². The molecule has 9 nitrogen and oxygen atoms in total. The van der Waals surface area contributed by atoms with Crippen LogP contribution in [0, 0.1) is 36.5 Å². The third kappa shape index (κ3) is 4.35. The molecule has 2 N–H and O–H groups in total. The molecule has 3 fully saturated rings. The molecule has 6 rings (SSSR count). The van der Waals surface area contributed by atoms with E-state index < -0.39 is 47.2 Å². The SMILES string of the molecule is C=C(C)[C@@H]1CCC[C@]2(O)[C@H]1C=CC[C@H]2[C@H]1[C@H](C(=O)OOC(=O)C2CC2)N(C)[C@@H]2ON(C)c3c(Cl)cc(C)cc3[C@]12O. The van der Waals surface area contributed by atoms with E-state index >= 15 is 0 Å². The Kier molecular flexibility index (Phi) is 7.06. The molecule has 222 valence electrons. The molecule has 0 radical (unpaired) electrons. The first-order valence-corrected chi connectivity index (χ1v) is 14.9. The molecule has 1 aromatic rings. The summed E-state index contributed by atoms with van der Waals surface area (Å²) in [4.78, 5) is 44.1. The molecule has 5 aliphatic rings. The van der Waals surface area contributed by atoms with Crippen molar-refractivity contribution in [3.63, 3.8) is 0 Å². The molecule has 1 saturated heterocycles. The van der Waals surface area contributed by atoms with E-state index in [1.165, 1.54) is 5.06 Å². The number of nitrogens with zero attached hydrogens (tertiary/aromatic N) is 2. The van der Waals surface area contributed by atoms with Gasteiger partial charge in [-0.25, -0.2) is 19.4 Å². The van der Waals surface area contributed by atoms with Gasteiger partial charge in [0.2, 0.25) is 0 Å². The summed E-state index contributed by atoms with van der Waals surface area (Å²) in [5, 5.41) is 27.5. The van der Waals surface area contributed by atoms with Gasteiger partial charge >= 0.3 is 11.9 Å². The largest absolute Gasteiger partial charge is 0.389 e. The maximum atomic E-state index is 13.8. The van der Waals surface area contributed by atoms with Crippen molar-refractivity contribution >= 4 is 29.2 Å². The van der Waals surface area contributed by atoms with Crippen LogP contribution in [-0.2, 0) is 29.8 Å². The number of rotatable bonds is 4. The van der Waals surface area contributed by atoms with Gasteiger partial charge in [0.1, 0.15) is 11.6 Å². The molecule has 0 amide bonds. The summed E-state index contributed by atoms with van der Waals surface area (Å²) >= 11 is 6.71. The molecule has 0 bridgehead atoms. The van der Waals surface area contributed by atoms with Crippen LogP contribution in [0.25, 0.3) is 0 Å². The number of likely N-dealkylation sites (tertiary alicyclic amines) is 1. The smallest absolute Gasteiger partial charge is 0.373 e. The number of benzene rings is 1. The Hall–Kier alpha value is -2.43. The van der Waals surface area contributed by atoms with Gasteiger partial charge in [0.25, 0.3) is 0 Å². The van der Waals surface area contributed by atoms with Crippen LogP contribution in [-0.4, -0.2) is 59.0 Å². The summed E-state index contributed by atoms with van der Waals surface area (Å²) in [5.41, 5.74) is -0.137. The average Bonchev–Trinajstić information content (AvgIpc) is 3.73. The lowest BCUT2D eigenvalue weighted by Crippen LogP contribution is -2.60. The number of hydrogen-bond acceptors (Lipinski definition) is 9. The first kappa shape index (κ1) is 28.7. The Labute approximate surface area is 245 Å². The Morgan fingerprint density at radius 1 is 1.15 bits per heavy atom. The molecule has 10 heteroatoms. The molecule has 0 unspecified atom stereocenters. The van der Waals surface area contributed by atoms with Gasteiger partial charge < -0.3 is 10.2 Å². The van der Waals surface area contributed by atoms with Crippen molar-refractivity contribution in [2.75, 3.05) is 19.2 Å². The Morgan fingerprint density at radius 2 is 1.85 bits per heavy atom. The summed E-state index contributed by atoms with van der Waals surface area (Å²) in [6.45, 7) is 8.09. The normalized spacial score (nSPS) is 38.1. The van der Waals surface area contributed by atoms with Crippen molar-refractivity contribution in [3.05, 3.63) is 52.6 Å². The van der Waals surface area contributed by atoms with Crippen LogP contribution in [0.15, 0.2) is 36.4 Å². The number of likely N-dealkylation sites (N-methyl/N-ethyl adjacent to an activating group) is 1. The van der Waals surface area contributed by atoms with Crippen LogP contribution in [0.1, 0.15) is 56.6 Å². The number of halogens is 1. The Balaban J connectivity index is 1.49. The second-order valence-corrected chi connectivity index (χ2v) is 13.2. The first-order chi connectivity index (χ1) is 19.4. The van der Waals surface area contributed by atoms with E-state index in [0.29, 0.717) is 42.0 Å². The van der Waals surface area contributed by atoms with Crippen molar-refractivity contribution in [1.82, 2.24) is 4.90 Å². The maximum absolute atomic E-state index is 13.8. The zero-order chi connectivity index (χ0) is 29.4. The highest BCUT2D eigenvalue weighted by molar-refractivity contribution is 6.33. The van der Waals surface area contributed by atoms with Crippen LogP contribution in [0.3, 0.4) is 0 Å². The number of fused-ring (bicyclic) bond motifs is 4. The lowest BCUT2D eigenvalue weighted by Gasteiger charge is -2.54. The van der Waals surface area contributed by atoms with Crippen molar-refractivity contribution in [2.24, 2.45) is 29.6 Å². The van der Waals surface area contributed by atoms with E-state index in [-0.39, 0.29) is 17.8 Å². The van der Waals surface area contributed by atoms with Gasteiger partial charge in [-0.05, 0) is 82.9 Å². The second kappa shape index (κ2) is 10.1. The van der Waals surface area contributed by atoms with Crippen LogP contribution in [0.4, 0.5) is 5.69 Å². The average molecular weight is 587 g/mol. The van der Waals surface area contributed by atoms with E-state index in [2.05, 4.69) is 12.7 Å². The molecule has 2 heterocycles. The highest BCUT2D eigenvalue weighted by Gasteiger charge is 2.70. The minimum atomic E-state index is -1.76. The quantitative estimate of drug-likeness (QED) is 0.305. The first-order valence-electron chi connectivity index (χ1n) is 14.5. The third-order valence-corrected chi connectivity index (χ3v) is 10.4. The van der Waals surface area contributed by atoms with Crippen LogP contribution >= 0.6 is 11.6 Å². The highest BCUT2D eigenvalue weighted by atomic mass is 35.5. The Bertz CT molecular complexity index is 1310. The number of hydrogen-bond donors (Lipinski definition) is 2. The minimum absolute atomic E-state index is 0.0694. The predicted octanol–water partition coefficient (Wildman–Crippen LogP) is 4.18. The van der Waals surface area contributed by atoms with Crippen molar-refractivity contribution < 1.29 is 34.4 Å². The molecule has 3 aliphatic carbocycles. The third-order valence-electron chi connectivity index (χ3n) is 10.1. The molecule has 1 aromatic carbocycles. The fourth-order valence-corrected chi connectivity index (χ4v) is 8.52. The van der Waals surface area contributed by atoms with E-state index in [1.54, 1.807) is 25.1 Å². The summed E-state index contributed by atoms with van der Waals surface area (Å²) in [7, 11) is 3.38. The molecular weight excluding hydrogens is 548 g/mol. The molecule has 2 saturated carbocycles. The predicted molar refractivity (Wildman–Crippen MR) is 151 cm³/mol. The lowest BCUT2D eigenvalue weighted by molar-refractivity contribution is -0.265. The zero-order valence-electron chi connectivity index (χ0n) is 24.0. The summed E-state index contributed by atoms with van der Waals surface area (Å²) < 4.78 is 0. The van der Waals surface area contributed by atoms with Gasteiger partial charge in [-0.15, -0.1) is 0 Å². The standard InChI is InChI=1S/C31H39ClN2O7/c1-16(2)19-8-7-13-30(37)20(19)9-6-10-21(30)24-26(28(36)41-40-27(35)18-11-12-18)33(4)29-31(24,38)22-14-17(3)15-23(32)25(22)34(5)39-29/h6,9,14-15,18-21,24,26,29,37-38H,1,7-8,10-13H2,2-5H3/t19-,20-,21-,24-,26+,29+,30-,31-/m0/s1. The van der Waals surface area contributed by atoms with Gasteiger partial charge in [-0.1, -0.05) is 42.0 Å². The second-order valence-electron chi connectivity index (χ2n) is 12.8. The number of allylic oxidation sites excluding steroid dienone is 2. The number of aryl methyl sites for hydroxylation is 1. The monoisotopic (exact) mass is 586 g/mol. The zero-order valence-corrected chi connectivity index (χ0v) is 24.8. The van der Waals surface area contributed by atoms with Gasteiger partial charge in [0.15, 0.2) is 6.23 Å². The molecule has 0 aromatic heterocycles. The molecular formula is C31H39ClN2O7. The van der Waals surface area contributed by atoms with Crippen LogP contribution < -0.4 is 5.06 Å². The van der Waals surface area contributed by atoms with E-state index in [9.17, 15) is 19.8 Å². The van der Waals surface area contributed by atoms with Gasteiger partial charge in [0.05, 0.1) is 22.2 Å². The lowest BCUT2D eigenvalue weighted by atomic mass is 9.54. The van der Waals surface area contributed by atoms with Gasteiger partial charge in [-0.3, -0.25) is 14.8 Å². The maximum Gasteiger partial charge on any atom is 0.373 e. The van der Waals surface area contributed by atoms with Crippen molar-refractivity contribution in [3.8, 4) is 0 Å². The summed E-state index contributed by atoms with van der Waals surface area (Å²) in [6, 6.07) is 2.57. The number of aliphatic hydroxyl groups is 2. The molecule has 0 spiro atoms. The van der Waals surface area contributed by atoms with Crippen molar-refractivity contribution in [2.45, 2.75) is 75.8 Å². The number of carbonyl (C=O) groups is 2. The molecule has 41 heavy (non-hydrogen) atoms. The van der Waals surface area contributed by atoms with Crippen LogP contribution in [0.5, 0.6) is 0 Å². The number of carbonyl (C=O) groups excluding carboxylic acids is 2. The minimum Gasteiger partial charge on any atom is -0.389 e. The fourth-order valence-electron chi connectivity index (χ4n) is 8.12. The number of anilines is 1. The van der Waals surface area contributed by atoms with Crippen molar-refractivity contribution in [1.29, 1.82) is 0 Å². The van der Waals surface area contributed by atoms with Gasteiger partial charge in [0, 0.05) is 24.4 Å². The van der Waals surface area contributed by atoms with Crippen LogP contribution in [0.2, 0.25) is 5.02 Å².